The zero-order chi connectivity index (χ0) is 48.0. The second-order valence-corrected chi connectivity index (χ2v) is 16.0. The summed E-state index contributed by atoms with van der Waals surface area (Å²) in [6.45, 7) is 4.12. The minimum Gasteiger partial charge on any atom is -0.493 e. The molecule has 0 aliphatic carbocycles. The summed E-state index contributed by atoms with van der Waals surface area (Å²) in [6, 6.07) is 33.0. The van der Waals surface area contributed by atoms with Gasteiger partial charge in [0.15, 0.2) is 11.5 Å². The SMILES string of the molecule is CCCC[C@@H](Oc1ccc(CCC(=O)OC(=O)CCc2ccc(O[C@H](CCCC)c3cccc(-c4ccc(C(F)(F)F)cc4)n3)c(OC)c2)cc1)c1cccc(-c2ccc(C(F)(F)F)cc2)n1. The van der Waals surface area contributed by atoms with Crippen LogP contribution in [0.5, 0.6) is 17.2 Å². The number of pyridine rings is 2. The molecule has 0 aliphatic rings. The molecule has 2 heterocycles. The van der Waals surface area contributed by atoms with Crippen molar-refractivity contribution in [3.8, 4) is 39.8 Å². The first-order valence-corrected chi connectivity index (χ1v) is 22.2. The van der Waals surface area contributed by atoms with Gasteiger partial charge in [-0.2, -0.15) is 26.3 Å². The molecule has 6 aromatic rings. The molecule has 0 unspecified atom stereocenters. The lowest BCUT2D eigenvalue weighted by atomic mass is 10.0. The molecule has 0 saturated carbocycles. The minimum absolute atomic E-state index is 0.0209. The topological polar surface area (TPSA) is 96.8 Å². The normalized spacial score (nSPS) is 12.6. The number of alkyl halides is 6. The lowest BCUT2D eigenvalue weighted by Gasteiger charge is -2.21. The maximum absolute atomic E-state index is 13.1. The summed E-state index contributed by atoms with van der Waals surface area (Å²) in [5.41, 5.74) is 3.53. The number of aryl methyl sites for hydroxylation is 2. The van der Waals surface area contributed by atoms with E-state index in [1.54, 1.807) is 54.6 Å². The number of unbranched alkanes of at least 4 members (excludes halogenated alkanes) is 2. The summed E-state index contributed by atoms with van der Waals surface area (Å²) >= 11 is 0. The lowest BCUT2D eigenvalue weighted by molar-refractivity contribution is -0.159. The maximum atomic E-state index is 13.1. The molecule has 0 bridgehead atoms. The predicted molar refractivity (Wildman–Crippen MR) is 242 cm³/mol. The number of esters is 2. The smallest absolute Gasteiger partial charge is 0.416 e. The Kier molecular flexibility index (Phi) is 17.2. The maximum Gasteiger partial charge on any atom is 0.416 e. The predicted octanol–water partition coefficient (Wildman–Crippen LogP) is 14.1. The van der Waals surface area contributed by atoms with Gasteiger partial charge in [-0.15, -0.1) is 0 Å². The van der Waals surface area contributed by atoms with Crippen LogP contribution in [0.4, 0.5) is 26.3 Å². The van der Waals surface area contributed by atoms with E-state index in [4.69, 9.17) is 28.9 Å². The van der Waals surface area contributed by atoms with Crippen molar-refractivity contribution in [3.63, 3.8) is 0 Å². The highest BCUT2D eigenvalue weighted by Crippen LogP contribution is 2.36. The number of rotatable bonds is 21. The highest BCUT2D eigenvalue weighted by molar-refractivity contribution is 5.85. The second-order valence-electron chi connectivity index (χ2n) is 16.0. The highest BCUT2D eigenvalue weighted by Gasteiger charge is 2.31. The summed E-state index contributed by atoms with van der Waals surface area (Å²) in [5, 5.41) is 0. The number of nitrogens with zero attached hydrogens (tertiary/aromatic N) is 2. The monoisotopic (exact) mass is 926 g/mol. The van der Waals surface area contributed by atoms with Gasteiger partial charge in [0.25, 0.3) is 0 Å². The van der Waals surface area contributed by atoms with E-state index >= 15 is 0 Å². The molecule has 0 saturated heterocycles. The molecule has 2 atom stereocenters. The van der Waals surface area contributed by atoms with Crippen molar-refractivity contribution in [1.82, 2.24) is 9.97 Å². The standard InChI is InChI=1S/C53H52F6N2O6/c1-4-6-14-46(44-12-8-10-42(60-44)37-21-25-39(26-22-37)52(54,55)56)65-41-29-16-35(17-30-41)19-32-50(62)67-51(63)33-20-36-18-31-48(49(34-36)64-3)66-47(15-7-5-2)45-13-9-11-43(61-45)38-23-27-40(28-24-38)53(57,58)59/h8-13,16-18,21-31,34,46-47H,4-7,14-15,19-20,32-33H2,1-3H3/t46-,47-/m1/s1. The highest BCUT2D eigenvalue weighted by atomic mass is 19.4. The van der Waals surface area contributed by atoms with Crippen molar-refractivity contribution >= 4 is 11.9 Å². The number of hydrogen-bond acceptors (Lipinski definition) is 8. The van der Waals surface area contributed by atoms with Crippen molar-refractivity contribution in [2.75, 3.05) is 7.11 Å². The molecule has 0 spiro atoms. The third-order valence-corrected chi connectivity index (χ3v) is 11.0. The average Bonchev–Trinajstić information content (AvgIpc) is 3.33. The Labute approximate surface area is 386 Å². The van der Waals surface area contributed by atoms with Crippen molar-refractivity contribution in [1.29, 1.82) is 0 Å². The fourth-order valence-electron chi connectivity index (χ4n) is 7.30. The molecule has 352 valence electrons. The molecule has 0 fully saturated rings. The fraction of sp³-hybridized carbons (Fsp3) is 0.321. The number of aromatic nitrogens is 2. The van der Waals surface area contributed by atoms with Crippen LogP contribution in [0.25, 0.3) is 22.5 Å². The van der Waals surface area contributed by atoms with Crippen molar-refractivity contribution in [3.05, 3.63) is 161 Å². The minimum atomic E-state index is -4.44. The summed E-state index contributed by atoms with van der Waals surface area (Å²) in [5.74, 6) is 0.140. The molecule has 6 rings (SSSR count). The summed E-state index contributed by atoms with van der Waals surface area (Å²) in [6.07, 6.45) is -4.43. The Morgan fingerprint density at radius 1 is 0.552 bits per heavy atom. The molecule has 2 aromatic heterocycles. The van der Waals surface area contributed by atoms with Crippen molar-refractivity contribution < 1.29 is 54.9 Å². The van der Waals surface area contributed by atoms with E-state index in [2.05, 4.69) is 13.8 Å². The fourth-order valence-corrected chi connectivity index (χ4v) is 7.30. The lowest BCUT2D eigenvalue weighted by Crippen LogP contribution is -2.14. The van der Waals surface area contributed by atoms with E-state index in [1.165, 1.54) is 31.4 Å². The number of benzene rings is 4. The Balaban J connectivity index is 0.997. The molecule has 4 aromatic carbocycles. The van der Waals surface area contributed by atoms with Gasteiger partial charge in [-0.25, -0.2) is 9.97 Å². The van der Waals surface area contributed by atoms with Gasteiger partial charge in [0.1, 0.15) is 18.0 Å². The van der Waals surface area contributed by atoms with Gasteiger partial charge in [-0.05, 0) is 122 Å². The van der Waals surface area contributed by atoms with Crippen LogP contribution in [0.2, 0.25) is 0 Å². The number of halogens is 6. The second kappa shape index (κ2) is 23.2. The first kappa shape index (κ1) is 49.7. The number of carbonyl (C=O) groups excluding carboxylic acids is 2. The van der Waals surface area contributed by atoms with Gasteiger partial charge in [0.2, 0.25) is 0 Å². The van der Waals surface area contributed by atoms with E-state index in [-0.39, 0.29) is 19.3 Å². The zero-order valence-electron chi connectivity index (χ0n) is 37.5. The molecule has 0 amide bonds. The quantitative estimate of drug-likeness (QED) is 0.0400. The number of carbonyl (C=O) groups is 2. The summed E-state index contributed by atoms with van der Waals surface area (Å²) in [4.78, 5) is 34.9. The Bertz CT molecular complexity index is 2550. The Morgan fingerprint density at radius 3 is 1.48 bits per heavy atom. The Morgan fingerprint density at radius 2 is 1.01 bits per heavy atom. The van der Waals surface area contributed by atoms with Crippen molar-refractivity contribution in [2.45, 2.75) is 103 Å². The number of ether oxygens (including phenoxy) is 4. The summed E-state index contributed by atoms with van der Waals surface area (Å²) < 4.78 is 102. The van der Waals surface area contributed by atoms with Crippen LogP contribution in [0.3, 0.4) is 0 Å². The number of hydrogen-bond donors (Lipinski definition) is 0. The molecule has 14 heteroatoms. The third kappa shape index (κ3) is 14.4. The van der Waals surface area contributed by atoms with E-state index < -0.39 is 47.6 Å². The van der Waals surface area contributed by atoms with Crippen molar-refractivity contribution in [2.24, 2.45) is 0 Å². The van der Waals surface area contributed by atoms with E-state index in [0.29, 0.717) is 70.4 Å². The number of methoxy groups -OCH3 is 1. The van der Waals surface area contributed by atoms with Gasteiger partial charge in [0, 0.05) is 11.1 Å². The Hall–Kier alpha value is -6.70. The van der Waals surface area contributed by atoms with Gasteiger partial charge in [0.05, 0.1) is 53.9 Å². The van der Waals surface area contributed by atoms with E-state index in [1.807, 2.05) is 24.3 Å². The van der Waals surface area contributed by atoms with Crippen LogP contribution >= 0.6 is 0 Å². The van der Waals surface area contributed by atoms with Crippen LogP contribution in [0, 0.1) is 0 Å². The first-order valence-electron chi connectivity index (χ1n) is 22.2. The molecule has 0 aliphatic heterocycles. The average molecular weight is 927 g/mol. The van der Waals surface area contributed by atoms with Gasteiger partial charge in [-0.3, -0.25) is 9.59 Å². The first-order chi connectivity index (χ1) is 32.1. The summed E-state index contributed by atoms with van der Waals surface area (Å²) in [7, 11) is 1.50. The molecule has 0 radical (unpaired) electrons. The molecular formula is C53H52F6N2O6. The third-order valence-electron chi connectivity index (χ3n) is 11.0. The van der Waals surface area contributed by atoms with Gasteiger partial charge < -0.3 is 18.9 Å². The van der Waals surface area contributed by atoms with Gasteiger partial charge >= 0.3 is 24.3 Å². The van der Waals surface area contributed by atoms with Crippen LogP contribution in [-0.2, 0) is 39.5 Å². The van der Waals surface area contributed by atoms with Crippen LogP contribution in [0.15, 0.2) is 127 Å². The molecule has 8 nitrogen and oxygen atoms in total. The molecular weight excluding hydrogens is 875 g/mol. The van der Waals surface area contributed by atoms with Crippen LogP contribution in [0.1, 0.15) is 111 Å². The van der Waals surface area contributed by atoms with Gasteiger partial charge in [-0.1, -0.05) is 81.3 Å². The van der Waals surface area contributed by atoms with E-state index in [9.17, 15) is 35.9 Å². The van der Waals surface area contributed by atoms with Crippen LogP contribution < -0.4 is 14.2 Å². The van der Waals surface area contributed by atoms with Crippen LogP contribution in [-0.4, -0.2) is 29.0 Å². The molecule has 67 heavy (non-hydrogen) atoms. The molecule has 0 N–H and O–H groups in total. The largest absolute Gasteiger partial charge is 0.493 e. The van der Waals surface area contributed by atoms with E-state index in [0.717, 1.165) is 61.1 Å². The zero-order valence-corrected chi connectivity index (χ0v) is 37.5.